The smallest absolute Gasteiger partial charge is 0.306 e. The molecule has 2 N–H and O–H groups in total. The highest BCUT2D eigenvalue weighted by atomic mass is 32.2. The Morgan fingerprint density at radius 3 is 2.49 bits per heavy atom. The number of fused-ring (bicyclic) bond motifs is 6. The molecule has 2 aromatic heterocycles. The zero-order valence-electron chi connectivity index (χ0n) is 40.8. The number of aromatic nitrogens is 3. The molecule has 3 saturated carbocycles. The van der Waals surface area contributed by atoms with Crippen molar-refractivity contribution in [3.05, 3.63) is 72.6 Å². The van der Waals surface area contributed by atoms with Crippen molar-refractivity contribution in [1.29, 1.82) is 0 Å². The Labute approximate surface area is 405 Å². The van der Waals surface area contributed by atoms with Gasteiger partial charge < -0.3 is 24.1 Å². The van der Waals surface area contributed by atoms with Gasteiger partial charge in [0.25, 0.3) is 0 Å². The molecular weight excluding hydrogens is 897 g/mol. The Morgan fingerprint density at radius 1 is 1.03 bits per heavy atom. The van der Waals surface area contributed by atoms with Crippen LogP contribution in [0.25, 0.3) is 21.9 Å². The summed E-state index contributed by atoms with van der Waals surface area (Å²) < 4.78 is 47.6. The summed E-state index contributed by atoms with van der Waals surface area (Å²) in [5.41, 5.74) is 1.40. The zero-order valence-corrected chi connectivity index (χ0v) is 41.6. The van der Waals surface area contributed by atoms with Gasteiger partial charge in [-0.1, -0.05) is 70.9 Å². The number of ether oxygens (including phenoxy) is 3. The summed E-state index contributed by atoms with van der Waals surface area (Å²) in [6, 6.07) is 14.8. The molecule has 2 bridgehead atoms. The van der Waals surface area contributed by atoms with E-state index in [0.29, 0.717) is 56.1 Å². The second-order valence-electron chi connectivity index (χ2n) is 21.6. The number of esters is 1. The van der Waals surface area contributed by atoms with E-state index in [9.17, 15) is 22.8 Å². The predicted molar refractivity (Wildman–Crippen MR) is 262 cm³/mol. The number of hydrogen-bond acceptors (Lipinski definition) is 12. The average Bonchev–Trinajstić information content (AvgIpc) is 4.27. The number of imidazole rings is 1. The number of H-pyrrole nitrogens is 1. The van der Waals surface area contributed by atoms with E-state index in [1.165, 1.54) is 4.90 Å². The van der Waals surface area contributed by atoms with E-state index in [-0.39, 0.29) is 55.9 Å². The number of hydrogen-bond donors (Lipinski definition) is 2. The Balaban J connectivity index is 1.03. The third-order valence-electron chi connectivity index (χ3n) is 15.6. The molecule has 370 valence electrons. The Hall–Kier alpha value is -5.35. The minimum atomic E-state index is -3.98. The zero-order chi connectivity index (χ0) is 48.9. The lowest BCUT2D eigenvalue weighted by Crippen LogP contribution is -2.49. The molecule has 0 spiro atoms. The number of likely N-dealkylation sites (N-methyl/N-ethyl adjacent to an activating group) is 1. The van der Waals surface area contributed by atoms with Crippen molar-refractivity contribution < 1.29 is 41.8 Å². The third-order valence-corrected chi connectivity index (χ3v) is 17.7. The van der Waals surface area contributed by atoms with Gasteiger partial charge in [0.15, 0.2) is 5.78 Å². The third kappa shape index (κ3) is 10.3. The molecule has 4 heterocycles. The van der Waals surface area contributed by atoms with Crippen LogP contribution in [0.3, 0.4) is 0 Å². The van der Waals surface area contributed by atoms with Crippen molar-refractivity contribution in [3.8, 4) is 11.6 Å². The van der Waals surface area contributed by atoms with Crippen molar-refractivity contribution in [1.82, 2.24) is 29.5 Å². The quantitative estimate of drug-likeness (QED) is 0.0716. The highest BCUT2D eigenvalue weighted by Crippen LogP contribution is 2.57. The maximum Gasteiger partial charge on any atom is 0.306 e. The largest absolute Gasteiger partial charge is 0.477 e. The van der Waals surface area contributed by atoms with Gasteiger partial charge in [-0.2, -0.15) is 0 Å². The van der Waals surface area contributed by atoms with Crippen molar-refractivity contribution in [2.24, 2.45) is 28.6 Å². The summed E-state index contributed by atoms with van der Waals surface area (Å²) in [5, 5.41) is 0.852. The number of carbonyl (C=O) groups is 4. The lowest BCUT2D eigenvalue weighted by Gasteiger charge is -2.34. The molecule has 0 unspecified atom stereocenters. The number of para-hydroxylation sites is 3. The van der Waals surface area contributed by atoms with Crippen molar-refractivity contribution >= 4 is 55.5 Å². The summed E-state index contributed by atoms with van der Waals surface area (Å²) in [6.07, 6.45) is 7.23. The molecule has 2 aromatic carbocycles. The number of aromatic amines is 1. The molecule has 0 radical (unpaired) electrons. The topological polar surface area (TPSA) is 190 Å². The minimum Gasteiger partial charge on any atom is -0.477 e. The number of nitrogens with one attached hydrogen (secondary N) is 2. The van der Waals surface area contributed by atoms with Crippen LogP contribution in [-0.4, -0.2) is 106 Å². The molecule has 5 aliphatic rings. The highest BCUT2D eigenvalue weighted by molar-refractivity contribution is 7.91. The van der Waals surface area contributed by atoms with Gasteiger partial charge in [-0.15, -0.1) is 6.58 Å². The molecule has 1 saturated heterocycles. The van der Waals surface area contributed by atoms with Crippen LogP contribution in [0.4, 0.5) is 0 Å². The van der Waals surface area contributed by atoms with Gasteiger partial charge >= 0.3 is 5.97 Å². The normalized spacial score (nSPS) is 27.1. The molecule has 7 atom stereocenters. The first kappa shape index (κ1) is 48.7. The van der Waals surface area contributed by atoms with E-state index in [4.69, 9.17) is 24.2 Å². The first-order valence-corrected chi connectivity index (χ1v) is 26.5. The SMILES string of the molecule is C=C[C@@H]1C[C@]1(CC(=O)[C@@H]1C[C@@H]2CN1C(=O)[C@H](C(C)(C)C)CC(=O)O[C@@H]1C[C@H]1CCCCCc1c(nc3ccccc3c1OCN(CC)CCc1nc3ccccc3[nH]1)O2)C(=O)NS(=O)(=O)C1(C)CC1. The molecule has 16 heteroatoms. The molecule has 3 aliphatic carbocycles. The van der Waals surface area contributed by atoms with Crippen LogP contribution in [0.1, 0.15) is 117 Å². The Bertz CT molecular complexity index is 2710. The molecule has 15 nitrogen and oxygen atoms in total. The summed E-state index contributed by atoms with van der Waals surface area (Å²) in [7, 11) is -3.98. The fraction of sp³-hybridized carbons (Fsp3) is 0.585. The number of ketones is 1. The van der Waals surface area contributed by atoms with Crippen LogP contribution in [0, 0.1) is 28.6 Å². The lowest BCUT2D eigenvalue weighted by molar-refractivity contribution is -0.154. The molecule has 4 fully saturated rings. The van der Waals surface area contributed by atoms with E-state index in [1.807, 2.05) is 69.3 Å². The van der Waals surface area contributed by atoms with E-state index >= 15 is 4.79 Å². The number of benzene rings is 2. The molecular formula is C53H68N6O9S. The first-order valence-electron chi connectivity index (χ1n) is 25.0. The summed E-state index contributed by atoms with van der Waals surface area (Å²) in [5.74, 6) is -0.952. The summed E-state index contributed by atoms with van der Waals surface area (Å²) in [6.45, 7) is 15.1. The van der Waals surface area contributed by atoms with E-state index < -0.39 is 61.5 Å². The van der Waals surface area contributed by atoms with Crippen molar-refractivity contribution in [3.63, 3.8) is 0 Å². The van der Waals surface area contributed by atoms with Gasteiger partial charge in [-0.25, -0.2) is 18.4 Å². The number of allylic oxidation sites excluding steroid dienone is 1. The second kappa shape index (κ2) is 19.1. The minimum absolute atomic E-state index is 0.0218. The Kier molecular flexibility index (Phi) is 13.5. The van der Waals surface area contributed by atoms with Crippen LogP contribution in [-0.2, 0) is 46.8 Å². The van der Waals surface area contributed by atoms with Crippen LogP contribution < -0.4 is 14.2 Å². The second-order valence-corrected chi connectivity index (χ2v) is 23.8. The number of Topliss-reactive ketones (excluding diaryl/α,β-unsaturated/α-hetero) is 1. The number of nitrogens with zero attached hydrogens (tertiary/aromatic N) is 4. The summed E-state index contributed by atoms with van der Waals surface area (Å²) in [4.78, 5) is 74.6. The van der Waals surface area contributed by atoms with E-state index in [1.54, 1.807) is 13.0 Å². The van der Waals surface area contributed by atoms with Gasteiger partial charge in [-0.05, 0) is 99.9 Å². The highest BCUT2D eigenvalue weighted by Gasteiger charge is 2.62. The van der Waals surface area contributed by atoms with Gasteiger partial charge in [0.2, 0.25) is 27.7 Å². The fourth-order valence-electron chi connectivity index (χ4n) is 10.4. The van der Waals surface area contributed by atoms with Gasteiger partial charge in [-0.3, -0.25) is 28.8 Å². The van der Waals surface area contributed by atoms with E-state index in [0.717, 1.165) is 66.5 Å². The number of sulfonamides is 1. The standard InChI is InChI=1S/C53H68N6O9S/c1-7-34-29-53(34,50(63)57-69(64,65)52(6)23-24-52)30-43(60)42-27-35-31-59(42)49(62)38(51(3,4)5)28-46(61)68-44-26-33(44)16-10-9-11-18-37-47(36-17-12-13-19-39(36)56-48(37)67-35)66-32-58(8-2)25-22-45-54-40-20-14-15-21-41(40)55-45/h7,12-15,17,19-21,33-35,38,42,44H,1,8-11,16,18,22-32H2,2-6H3,(H,54,55)(H,57,63)/t33-,34-,35-,38-,42+,44-,53-/m1/s1. The van der Waals surface area contributed by atoms with Crippen LogP contribution in [0.5, 0.6) is 11.6 Å². The van der Waals surface area contributed by atoms with Gasteiger partial charge in [0.05, 0.1) is 57.2 Å². The van der Waals surface area contributed by atoms with Crippen LogP contribution in [0.2, 0.25) is 0 Å². The van der Waals surface area contributed by atoms with E-state index in [2.05, 4.69) is 28.1 Å². The average molecular weight is 965 g/mol. The van der Waals surface area contributed by atoms with Gasteiger partial charge in [0.1, 0.15) is 30.5 Å². The number of carbonyl (C=O) groups excluding carboxylic acids is 4. The fourth-order valence-corrected chi connectivity index (χ4v) is 11.8. The maximum absolute atomic E-state index is 15.1. The molecule has 4 aromatic rings. The Morgan fingerprint density at radius 2 is 1.78 bits per heavy atom. The first-order chi connectivity index (χ1) is 32.9. The monoisotopic (exact) mass is 964 g/mol. The van der Waals surface area contributed by atoms with Crippen LogP contribution in [0.15, 0.2) is 61.2 Å². The molecule has 2 amide bonds. The van der Waals surface area contributed by atoms with Gasteiger partial charge in [0, 0.05) is 31.2 Å². The molecule has 2 aliphatic heterocycles. The van der Waals surface area contributed by atoms with Crippen molar-refractivity contribution in [2.45, 2.75) is 141 Å². The molecule has 69 heavy (non-hydrogen) atoms. The predicted octanol–water partition coefficient (Wildman–Crippen LogP) is 7.61. The lowest BCUT2D eigenvalue weighted by atomic mass is 9.77. The van der Waals surface area contributed by atoms with Crippen molar-refractivity contribution in [2.75, 3.05) is 26.4 Å². The van der Waals surface area contributed by atoms with Crippen LogP contribution >= 0.6 is 0 Å². The number of pyridine rings is 1. The number of rotatable bonds is 14. The summed E-state index contributed by atoms with van der Waals surface area (Å²) >= 11 is 0. The maximum atomic E-state index is 15.1. The number of amides is 2. The molecule has 9 rings (SSSR count).